The fraction of sp³-hybridized carbons (Fsp3) is 0.0400. The number of nitrogens with two attached hydrogens (primary N) is 1. The van der Waals surface area contributed by atoms with Crippen molar-refractivity contribution in [2.75, 3.05) is 5.73 Å². The van der Waals surface area contributed by atoms with Gasteiger partial charge in [0.25, 0.3) is 5.91 Å². The molecule has 1 amide bonds. The third-order valence-corrected chi connectivity index (χ3v) is 5.24. The summed E-state index contributed by atoms with van der Waals surface area (Å²) in [6.07, 6.45) is 1.46. The standard InChI is InChI=1S/C25H19FN8O3/c26-20-9-5-4-8-18(20)15-36-19-12-10-16(11-13-19)14-28-30-25(35)21-22(17-6-2-1-3-7-17)34(33-29-21)24-23(27)31-37-32-24/h1-14H,15H2,(H2,27,31)(H,30,35)/b28-14+. The van der Waals surface area contributed by atoms with Gasteiger partial charge in [0, 0.05) is 11.1 Å². The number of hydrazone groups is 1. The normalized spacial score (nSPS) is 11.1. The third-order valence-electron chi connectivity index (χ3n) is 5.24. The summed E-state index contributed by atoms with van der Waals surface area (Å²) in [5.74, 6) is -0.255. The molecule has 3 N–H and O–H groups in total. The Hall–Kier alpha value is -5.39. The molecule has 0 saturated carbocycles. The Morgan fingerprint density at radius 2 is 1.81 bits per heavy atom. The molecule has 184 valence electrons. The monoisotopic (exact) mass is 498 g/mol. The molecule has 3 aromatic carbocycles. The minimum absolute atomic E-state index is 0.00245. The second kappa shape index (κ2) is 10.5. The molecule has 5 rings (SSSR count). The number of ether oxygens (including phenoxy) is 1. The van der Waals surface area contributed by atoms with Crippen LogP contribution in [-0.4, -0.2) is 37.4 Å². The van der Waals surface area contributed by atoms with Gasteiger partial charge in [0.15, 0.2) is 5.69 Å². The third kappa shape index (κ3) is 5.17. The second-order valence-corrected chi connectivity index (χ2v) is 7.69. The van der Waals surface area contributed by atoms with E-state index in [1.165, 1.54) is 17.0 Å². The Morgan fingerprint density at radius 1 is 1.05 bits per heavy atom. The topological polar surface area (TPSA) is 146 Å². The van der Waals surface area contributed by atoms with E-state index in [0.29, 0.717) is 28.1 Å². The molecule has 0 radical (unpaired) electrons. The predicted molar refractivity (Wildman–Crippen MR) is 131 cm³/mol. The van der Waals surface area contributed by atoms with E-state index in [9.17, 15) is 9.18 Å². The highest BCUT2D eigenvalue weighted by atomic mass is 19.1. The maximum absolute atomic E-state index is 13.7. The van der Waals surface area contributed by atoms with Gasteiger partial charge in [0.05, 0.1) is 6.21 Å². The van der Waals surface area contributed by atoms with Crippen LogP contribution in [0.4, 0.5) is 10.2 Å². The summed E-state index contributed by atoms with van der Waals surface area (Å²) in [6, 6.07) is 22.4. The number of anilines is 1. The van der Waals surface area contributed by atoms with Crippen molar-refractivity contribution in [3.8, 4) is 22.8 Å². The fourth-order valence-corrected chi connectivity index (χ4v) is 3.42. The number of carbonyl (C=O) groups excluding carboxylic acids is 1. The van der Waals surface area contributed by atoms with Crippen molar-refractivity contribution in [1.29, 1.82) is 0 Å². The number of hydrogen-bond donors (Lipinski definition) is 2. The lowest BCUT2D eigenvalue weighted by atomic mass is 10.1. The van der Waals surface area contributed by atoms with Gasteiger partial charge >= 0.3 is 0 Å². The minimum atomic E-state index is -0.596. The number of rotatable bonds is 8. The van der Waals surface area contributed by atoms with Crippen LogP contribution in [0.25, 0.3) is 17.1 Å². The van der Waals surface area contributed by atoms with Crippen molar-refractivity contribution in [2.45, 2.75) is 6.61 Å². The molecule has 0 aliphatic heterocycles. The van der Waals surface area contributed by atoms with Gasteiger partial charge in [-0.25, -0.2) is 14.4 Å². The van der Waals surface area contributed by atoms with Gasteiger partial charge in [-0.3, -0.25) is 4.79 Å². The van der Waals surface area contributed by atoms with Crippen molar-refractivity contribution in [3.05, 3.63) is 102 Å². The smallest absolute Gasteiger partial charge is 0.294 e. The maximum Gasteiger partial charge on any atom is 0.294 e. The van der Waals surface area contributed by atoms with Crippen LogP contribution in [0, 0.1) is 5.82 Å². The number of amides is 1. The lowest BCUT2D eigenvalue weighted by molar-refractivity contribution is 0.0950. The first-order valence-corrected chi connectivity index (χ1v) is 11.0. The highest BCUT2D eigenvalue weighted by Crippen LogP contribution is 2.26. The van der Waals surface area contributed by atoms with Crippen molar-refractivity contribution >= 4 is 17.9 Å². The zero-order valence-corrected chi connectivity index (χ0v) is 19.2. The van der Waals surface area contributed by atoms with Crippen LogP contribution in [0.15, 0.2) is 88.6 Å². The molecular formula is C25H19FN8O3. The number of aromatic nitrogens is 5. The van der Waals surface area contributed by atoms with Crippen LogP contribution >= 0.6 is 0 Å². The Bertz CT molecular complexity index is 1550. The van der Waals surface area contributed by atoms with Crippen LogP contribution in [0.2, 0.25) is 0 Å². The zero-order chi connectivity index (χ0) is 25.6. The number of carbonyl (C=O) groups is 1. The maximum atomic E-state index is 13.7. The molecule has 0 aliphatic carbocycles. The summed E-state index contributed by atoms with van der Waals surface area (Å²) in [5, 5.41) is 19.3. The van der Waals surface area contributed by atoms with Crippen LogP contribution in [-0.2, 0) is 6.61 Å². The van der Waals surface area contributed by atoms with Gasteiger partial charge in [-0.2, -0.15) is 9.78 Å². The van der Waals surface area contributed by atoms with Gasteiger partial charge in [-0.1, -0.05) is 53.7 Å². The zero-order valence-electron chi connectivity index (χ0n) is 19.2. The van der Waals surface area contributed by atoms with Gasteiger partial charge in [0.1, 0.15) is 23.9 Å². The Morgan fingerprint density at radius 3 is 2.54 bits per heavy atom. The molecule has 5 aromatic rings. The van der Waals surface area contributed by atoms with Crippen LogP contribution in [0.3, 0.4) is 0 Å². The number of halogens is 1. The first kappa shape index (κ1) is 23.4. The number of benzene rings is 3. The summed E-state index contributed by atoms with van der Waals surface area (Å²) < 4.78 is 25.3. The Balaban J connectivity index is 1.28. The highest BCUT2D eigenvalue weighted by Gasteiger charge is 2.25. The SMILES string of the molecule is Nc1nonc1-n1nnc(C(=O)N/N=C/c2ccc(OCc3ccccc3F)cc2)c1-c1ccccc1. The number of nitrogens with zero attached hydrogens (tertiary/aromatic N) is 6. The van der Waals surface area contributed by atoms with Crippen molar-refractivity contribution < 1.29 is 18.6 Å². The summed E-state index contributed by atoms with van der Waals surface area (Å²) in [7, 11) is 0. The van der Waals surface area contributed by atoms with Crippen LogP contribution < -0.4 is 15.9 Å². The largest absolute Gasteiger partial charge is 0.489 e. The summed E-state index contributed by atoms with van der Waals surface area (Å²) >= 11 is 0. The lowest BCUT2D eigenvalue weighted by Gasteiger charge is -2.07. The first-order valence-electron chi connectivity index (χ1n) is 11.0. The van der Waals surface area contributed by atoms with E-state index in [1.807, 2.05) is 6.07 Å². The van der Waals surface area contributed by atoms with E-state index < -0.39 is 5.91 Å². The van der Waals surface area contributed by atoms with Crippen LogP contribution in [0.5, 0.6) is 5.75 Å². The number of hydrogen-bond acceptors (Lipinski definition) is 9. The average Bonchev–Trinajstić information content (AvgIpc) is 3.55. The molecule has 37 heavy (non-hydrogen) atoms. The van der Waals surface area contributed by atoms with E-state index in [4.69, 9.17) is 10.5 Å². The fourth-order valence-electron chi connectivity index (χ4n) is 3.42. The van der Waals surface area contributed by atoms with Crippen LogP contribution in [0.1, 0.15) is 21.6 Å². The van der Waals surface area contributed by atoms with Gasteiger partial charge in [-0.05, 0) is 46.2 Å². The highest BCUT2D eigenvalue weighted by molar-refractivity contribution is 5.98. The first-order chi connectivity index (χ1) is 18.1. The Kier molecular flexibility index (Phi) is 6.61. The molecule has 0 fully saturated rings. The molecule has 2 aromatic heterocycles. The molecule has 12 heteroatoms. The van der Waals surface area contributed by atoms with Gasteiger partial charge < -0.3 is 10.5 Å². The molecule has 0 aliphatic rings. The molecular weight excluding hydrogens is 479 g/mol. The molecule has 2 heterocycles. The molecule has 0 spiro atoms. The molecule has 0 bridgehead atoms. The van der Waals surface area contributed by atoms with E-state index in [2.05, 4.69) is 35.8 Å². The van der Waals surface area contributed by atoms with E-state index in [-0.39, 0.29) is 29.8 Å². The minimum Gasteiger partial charge on any atom is -0.489 e. The van der Waals surface area contributed by atoms with Gasteiger partial charge in [0.2, 0.25) is 11.6 Å². The molecule has 0 saturated heterocycles. The van der Waals surface area contributed by atoms with Crippen molar-refractivity contribution in [2.24, 2.45) is 5.10 Å². The molecule has 0 unspecified atom stereocenters. The number of nitrogen functional groups attached to an aromatic ring is 1. The summed E-state index contributed by atoms with van der Waals surface area (Å²) in [4.78, 5) is 12.9. The quantitative estimate of drug-likeness (QED) is 0.245. The number of nitrogens with one attached hydrogen (secondary N) is 1. The predicted octanol–water partition coefficient (Wildman–Crippen LogP) is 3.38. The molecule has 0 atom stereocenters. The summed E-state index contributed by atoms with van der Waals surface area (Å²) in [5.41, 5.74) is 10.4. The van der Waals surface area contributed by atoms with Gasteiger partial charge in [-0.15, -0.1) is 5.10 Å². The average molecular weight is 498 g/mol. The van der Waals surface area contributed by atoms with Crippen molar-refractivity contribution in [1.82, 2.24) is 30.7 Å². The lowest BCUT2D eigenvalue weighted by Crippen LogP contribution is -2.19. The Labute approximate surface area is 209 Å². The van der Waals surface area contributed by atoms with E-state index in [0.717, 1.165) is 0 Å². The van der Waals surface area contributed by atoms with E-state index >= 15 is 0 Å². The molecule has 11 nitrogen and oxygen atoms in total. The second-order valence-electron chi connectivity index (χ2n) is 7.69. The summed E-state index contributed by atoms with van der Waals surface area (Å²) in [6.45, 7) is 0.108. The van der Waals surface area contributed by atoms with Crippen molar-refractivity contribution in [3.63, 3.8) is 0 Å². The van der Waals surface area contributed by atoms with E-state index in [1.54, 1.807) is 66.7 Å².